The second-order valence-electron chi connectivity index (χ2n) is 5.45. The molecular weight excluding hydrogens is 240 g/mol. The van der Waals surface area contributed by atoms with Crippen LogP contribution in [0.25, 0.3) is 0 Å². The Morgan fingerprint density at radius 2 is 2.00 bits per heavy atom. The number of amides is 1. The molecule has 1 aromatic rings. The maximum Gasteiger partial charge on any atom is 0.257 e. The lowest BCUT2D eigenvalue weighted by Crippen LogP contribution is -2.44. The van der Waals surface area contributed by atoms with Crippen LogP contribution < -0.4 is 5.73 Å². The van der Waals surface area contributed by atoms with E-state index in [-0.39, 0.29) is 11.9 Å². The summed E-state index contributed by atoms with van der Waals surface area (Å²) < 4.78 is 5.58. The van der Waals surface area contributed by atoms with Gasteiger partial charge in [-0.25, -0.2) is 0 Å². The lowest BCUT2D eigenvalue weighted by Gasteiger charge is -2.29. The van der Waals surface area contributed by atoms with Crippen molar-refractivity contribution >= 4 is 5.91 Å². The van der Waals surface area contributed by atoms with E-state index in [0.717, 1.165) is 48.5 Å². The SMILES string of the molecule is Cc1oc(C)c(C(=O)N2CCCCCC2CN)c1C. The highest BCUT2D eigenvalue weighted by molar-refractivity contribution is 5.97. The van der Waals surface area contributed by atoms with Crippen LogP contribution in [0.15, 0.2) is 4.42 Å². The molecule has 0 spiro atoms. The van der Waals surface area contributed by atoms with Crippen molar-refractivity contribution in [3.8, 4) is 0 Å². The van der Waals surface area contributed by atoms with Crippen LogP contribution in [0.2, 0.25) is 0 Å². The average Bonchev–Trinajstić information content (AvgIpc) is 2.60. The molecule has 0 aromatic carbocycles. The first-order valence-electron chi connectivity index (χ1n) is 7.14. The fraction of sp³-hybridized carbons (Fsp3) is 0.667. The molecule has 2 heterocycles. The van der Waals surface area contributed by atoms with E-state index in [1.54, 1.807) is 0 Å². The van der Waals surface area contributed by atoms with Crippen molar-refractivity contribution in [2.75, 3.05) is 13.1 Å². The molecule has 1 fully saturated rings. The van der Waals surface area contributed by atoms with Crippen molar-refractivity contribution in [3.05, 3.63) is 22.6 Å². The van der Waals surface area contributed by atoms with Gasteiger partial charge >= 0.3 is 0 Å². The number of likely N-dealkylation sites (tertiary alicyclic amines) is 1. The molecule has 0 bridgehead atoms. The van der Waals surface area contributed by atoms with Crippen LogP contribution in [0.4, 0.5) is 0 Å². The second kappa shape index (κ2) is 5.78. The maximum absolute atomic E-state index is 12.8. The summed E-state index contributed by atoms with van der Waals surface area (Å²) in [5, 5.41) is 0. The number of hydrogen-bond acceptors (Lipinski definition) is 3. The fourth-order valence-corrected chi connectivity index (χ4v) is 2.94. The van der Waals surface area contributed by atoms with E-state index < -0.39 is 0 Å². The molecule has 2 rings (SSSR count). The lowest BCUT2D eigenvalue weighted by atomic mass is 10.1. The van der Waals surface area contributed by atoms with Crippen LogP contribution in [-0.4, -0.2) is 29.9 Å². The van der Waals surface area contributed by atoms with Crippen molar-refractivity contribution in [1.82, 2.24) is 4.90 Å². The standard InChI is InChI=1S/C15H24N2O2/c1-10-11(2)19-12(3)14(10)15(18)17-8-6-4-5-7-13(17)9-16/h13H,4-9,16H2,1-3H3. The van der Waals surface area contributed by atoms with E-state index in [1.807, 2.05) is 25.7 Å². The number of hydrogen-bond donors (Lipinski definition) is 1. The van der Waals surface area contributed by atoms with Crippen molar-refractivity contribution in [2.24, 2.45) is 5.73 Å². The number of furan rings is 1. The normalized spacial score (nSPS) is 20.4. The summed E-state index contributed by atoms with van der Waals surface area (Å²) in [6.07, 6.45) is 4.42. The highest BCUT2D eigenvalue weighted by atomic mass is 16.3. The van der Waals surface area contributed by atoms with Gasteiger partial charge in [0.05, 0.1) is 5.56 Å². The van der Waals surface area contributed by atoms with E-state index in [9.17, 15) is 4.79 Å². The summed E-state index contributed by atoms with van der Waals surface area (Å²) in [4.78, 5) is 14.7. The average molecular weight is 264 g/mol. The van der Waals surface area contributed by atoms with Gasteiger partial charge < -0.3 is 15.1 Å². The predicted molar refractivity (Wildman–Crippen MR) is 75.3 cm³/mol. The van der Waals surface area contributed by atoms with Crippen LogP contribution in [-0.2, 0) is 0 Å². The van der Waals surface area contributed by atoms with Crippen LogP contribution in [0, 0.1) is 20.8 Å². The minimum absolute atomic E-state index is 0.0872. The second-order valence-corrected chi connectivity index (χ2v) is 5.45. The zero-order chi connectivity index (χ0) is 14.0. The van der Waals surface area contributed by atoms with Crippen molar-refractivity contribution < 1.29 is 9.21 Å². The Labute approximate surface area is 114 Å². The third kappa shape index (κ3) is 2.68. The molecule has 1 saturated heterocycles. The van der Waals surface area contributed by atoms with Gasteiger partial charge in [-0.15, -0.1) is 0 Å². The topological polar surface area (TPSA) is 59.5 Å². The number of aryl methyl sites for hydroxylation is 2. The molecule has 1 aliphatic heterocycles. The van der Waals surface area contributed by atoms with E-state index in [1.165, 1.54) is 6.42 Å². The third-order valence-corrected chi connectivity index (χ3v) is 4.19. The lowest BCUT2D eigenvalue weighted by molar-refractivity contribution is 0.0686. The molecule has 0 saturated carbocycles. The summed E-state index contributed by atoms with van der Waals surface area (Å²) in [7, 11) is 0. The Balaban J connectivity index is 2.30. The molecule has 19 heavy (non-hydrogen) atoms. The van der Waals surface area contributed by atoms with Gasteiger partial charge in [0.1, 0.15) is 11.5 Å². The number of nitrogens with zero attached hydrogens (tertiary/aromatic N) is 1. The Kier molecular flexibility index (Phi) is 4.30. The van der Waals surface area contributed by atoms with Crippen molar-refractivity contribution in [1.29, 1.82) is 0 Å². The van der Waals surface area contributed by atoms with Crippen LogP contribution in [0.1, 0.15) is 53.1 Å². The molecular formula is C15H24N2O2. The minimum atomic E-state index is 0.0872. The van der Waals surface area contributed by atoms with E-state index >= 15 is 0 Å². The predicted octanol–water partition coefficient (Wildman–Crippen LogP) is 2.55. The van der Waals surface area contributed by atoms with Gasteiger partial charge in [-0.05, 0) is 33.6 Å². The number of carbonyl (C=O) groups is 1. The van der Waals surface area contributed by atoms with E-state index in [0.29, 0.717) is 6.54 Å². The molecule has 1 aromatic heterocycles. The van der Waals surface area contributed by atoms with Gasteiger partial charge in [-0.3, -0.25) is 4.79 Å². The summed E-state index contributed by atoms with van der Waals surface area (Å²) in [6, 6.07) is 0.170. The van der Waals surface area contributed by atoms with Gasteiger partial charge in [-0.1, -0.05) is 12.8 Å². The van der Waals surface area contributed by atoms with E-state index in [4.69, 9.17) is 10.2 Å². The Morgan fingerprint density at radius 3 is 2.58 bits per heavy atom. The van der Waals surface area contributed by atoms with Gasteiger partial charge in [0.25, 0.3) is 5.91 Å². The quantitative estimate of drug-likeness (QED) is 0.893. The molecule has 4 nitrogen and oxygen atoms in total. The molecule has 1 amide bonds. The van der Waals surface area contributed by atoms with Gasteiger partial charge in [0, 0.05) is 24.7 Å². The maximum atomic E-state index is 12.8. The third-order valence-electron chi connectivity index (χ3n) is 4.19. The van der Waals surface area contributed by atoms with Crippen LogP contribution >= 0.6 is 0 Å². The fourth-order valence-electron chi connectivity index (χ4n) is 2.94. The number of carbonyl (C=O) groups excluding carboxylic acids is 1. The highest BCUT2D eigenvalue weighted by Crippen LogP contribution is 2.25. The first kappa shape index (κ1) is 14.1. The molecule has 0 radical (unpaired) electrons. The molecule has 1 unspecified atom stereocenters. The molecule has 2 N–H and O–H groups in total. The summed E-state index contributed by atoms with van der Waals surface area (Å²) in [5.74, 6) is 1.64. The molecule has 106 valence electrons. The van der Waals surface area contributed by atoms with Gasteiger partial charge in [-0.2, -0.15) is 0 Å². The van der Waals surface area contributed by atoms with Crippen molar-refractivity contribution in [2.45, 2.75) is 52.5 Å². The Hall–Kier alpha value is -1.29. The zero-order valence-corrected chi connectivity index (χ0v) is 12.2. The Bertz CT molecular complexity index is 465. The molecule has 0 aliphatic carbocycles. The zero-order valence-electron chi connectivity index (χ0n) is 12.2. The largest absolute Gasteiger partial charge is 0.466 e. The number of rotatable bonds is 2. The summed E-state index contributed by atoms with van der Waals surface area (Å²) >= 11 is 0. The first-order chi connectivity index (χ1) is 9.06. The highest BCUT2D eigenvalue weighted by Gasteiger charge is 2.29. The van der Waals surface area contributed by atoms with Crippen LogP contribution in [0.3, 0.4) is 0 Å². The van der Waals surface area contributed by atoms with Crippen LogP contribution in [0.5, 0.6) is 0 Å². The summed E-state index contributed by atoms with van der Waals surface area (Å²) in [6.45, 7) is 7.07. The molecule has 1 aliphatic rings. The molecule has 4 heteroatoms. The summed E-state index contributed by atoms with van der Waals surface area (Å²) in [5.41, 5.74) is 7.54. The molecule has 1 atom stereocenters. The monoisotopic (exact) mass is 264 g/mol. The van der Waals surface area contributed by atoms with Gasteiger partial charge in [0.15, 0.2) is 0 Å². The van der Waals surface area contributed by atoms with E-state index in [2.05, 4.69) is 0 Å². The smallest absolute Gasteiger partial charge is 0.257 e. The first-order valence-corrected chi connectivity index (χ1v) is 7.14. The minimum Gasteiger partial charge on any atom is -0.466 e. The van der Waals surface area contributed by atoms with Gasteiger partial charge in [0.2, 0.25) is 0 Å². The Morgan fingerprint density at radius 1 is 1.26 bits per heavy atom. The van der Waals surface area contributed by atoms with Crippen molar-refractivity contribution in [3.63, 3.8) is 0 Å². The number of nitrogens with two attached hydrogens (primary N) is 1.